The van der Waals surface area contributed by atoms with E-state index >= 15 is 0 Å². The van der Waals surface area contributed by atoms with Gasteiger partial charge in [-0.15, -0.1) is 0 Å². The van der Waals surface area contributed by atoms with E-state index in [1.165, 1.54) is 0 Å². The van der Waals surface area contributed by atoms with E-state index in [9.17, 15) is 0 Å². The maximum absolute atomic E-state index is 5.86. The molecule has 0 radical (unpaired) electrons. The summed E-state index contributed by atoms with van der Waals surface area (Å²) in [5, 5.41) is 5.85. The smallest absolute Gasteiger partial charge is 0.156 e. The Hall–Kier alpha value is -1.34. The van der Waals surface area contributed by atoms with E-state index in [0.717, 1.165) is 5.69 Å². The minimum atomic E-state index is -0.390. The molecule has 0 saturated heterocycles. The summed E-state index contributed by atoms with van der Waals surface area (Å²) in [6.45, 7) is 1.87. The number of hydrogen-bond acceptors (Lipinski definition) is 6. The summed E-state index contributed by atoms with van der Waals surface area (Å²) in [4.78, 5) is 4.14. The SMILES string of the molecule is Cc1ncccc1OC1=CNC(Cl)NC1NN. The van der Waals surface area contributed by atoms with Gasteiger partial charge in [0.05, 0.1) is 5.69 Å². The van der Waals surface area contributed by atoms with E-state index in [1.54, 1.807) is 12.4 Å². The molecule has 0 aromatic carbocycles. The van der Waals surface area contributed by atoms with Gasteiger partial charge in [-0.2, -0.15) is 0 Å². The van der Waals surface area contributed by atoms with Crippen LogP contribution in [0.5, 0.6) is 5.75 Å². The van der Waals surface area contributed by atoms with Crippen molar-refractivity contribution < 1.29 is 4.74 Å². The Morgan fingerprint density at radius 3 is 3.12 bits per heavy atom. The number of nitrogens with zero attached hydrogens (tertiary/aromatic N) is 1. The van der Waals surface area contributed by atoms with Crippen LogP contribution < -0.4 is 26.6 Å². The van der Waals surface area contributed by atoms with Gasteiger partial charge in [0.1, 0.15) is 11.9 Å². The third-order valence-electron chi connectivity index (χ3n) is 2.32. The van der Waals surface area contributed by atoms with Crippen molar-refractivity contribution in [3.05, 3.63) is 36.0 Å². The van der Waals surface area contributed by atoms with E-state index in [0.29, 0.717) is 11.5 Å². The maximum Gasteiger partial charge on any atom is 0.156 e. The van der Waals surface area contributed by atoms with Gasteiger partial charge in [0.25, 0.3) is 0 Å². The molecule has 1 aromatic heterocycles. The molecule has 1 aliphatic rings. The first kappa shape index (κ1) is 12.1. The van der Waals surface area contributed by atoms with Crippen LogP contribution in [0.3, 0.4) is 0 Å². The molecule has 6 nitrogen and oxygen atoms in total. The zero-order valence-corrected chi connectivity index (χ0v) is 10.0. The van der Waals surface area contributed by atoms with Gasteiger partial charge in [0.2, 0.25) is 0 Å². The van der Waals surface area contributed by atoms with Gasteiger partial charge in [-0.25, -0.2) is 5.43 Å². The van der Waals surface area contributed by atoms with Gasteiger partial charge >= 0.3 is 0 Å². The number of alkyl halides is 1. The fourth-order valence-corrected chi connectivity index (χ4v) is 1.63. The molecule has 5 N–H and O–H groups in total. The van der Waals surface area contributed by atoms with Crippen LogP contribution in [-0.2, 0) is 0 Å². The monoisotopic (exact) mass is 255 g/mol. The van der Waals surface area contributed by atoms with Crippen LogP contribution in [0.2, 0.25) is 0 Å². The highest BCUT2D eigenvalue weighted by Crippen LogP contribution is 2.19. The van der Waals surface area contributed by atoms with Crippen molar-refractivity contribution in [3.63, 3.8) is 0 Å². The van der Waals surface area contributed by atoms with Gasteiger partial charge in [-0.1, -0.05) is 11.6 Å². The second-order valence-electron chi connectivity index (χ2n) is 3.53. The van der Waals surface area contributed by atoms with Crippen LogP contribution in [0.4, 0.5) is 0 Å². The molecule has 0 bridgehead atoms. The lowest BCUT2D eigenvalue weighted by molar-refractivity contribution is 0.292. The number of nitrogens with two attached hydrogens (primary N) is 1. The zero-order chi connectivity index (χ0) is 12.3. The quantitative estimate of drug-likeness (QED) is 0.266. The molecule has 2 heterocycles. The molecule has 0 aliphatic carbocycles. The third kappa shape index (κ3) is 2.86. The van der Waals surface area contributed by atoms with E-state index in [2.05, 4.69) is 21.0 Å². The summed E-state index contributed by atoms with van der Waals surface area (Å²) in [7, 11) is 0. The van der Waals surface area contributed by atoms with Crippen LogP contribution in [-0.4, -0.2) is 16.8 Å². The summed E-state index contributed by atoms with van der Waals surface area (Å²) < 4.78 is 5.71. The van der Waals surface area contributed by atoms with E-state index in [4.69, 9.17) is 22.2 Å². The normalized spacial score (nSPS) is 23.8. The van der Waals surface area contributed by atoms with E-state index < -0.39 is 5.62 Å². The van der Waals surface area contributed by atoms with E-state index in [1.807, 2.05) is 19.1 Å². The summed E-state index contributed by atoms with van der Waals surface area (Å²) >= 11 is 5.86. The van der Waals surface area contributed by atoms with Gasteiger partial charge < -0.3 is 10.1 Å². The molecule has 1 aliphatic heterocycles. The minimum Gasteiger partial charge on any atom is -0.455 e. The molecule has 2 atom stereocenters. The maximum atomic E-state index is 5.86. The van der Waals surface area contributed by atoms with Gasteiger partial charge in [0.15, 0.2) is 11.4 Å². The molecule has 2 unspecified atom stereocenters. The van der Waals surface area contributed by atoms with Crippen molar-refractivity contribution in [2.24, 2.45) is 5.84 Å². The summed E-state index contributed by atoms with van der Waals surface area (Å²) in [5.41, 5.74) is 2.99. The summed E-state index contributed by atoms with van der Waals surface area (Å²) in [6.07, 6.45) is 3.03. The highest BCUT2D eigenvalue weighted by Gasteiger charge is 2.22. The fourth-order valence-electron chi connectivity index (χ4n) is 1.44. The topological polar surface area (TPSA) is 84.2 Å². The van der Waals surface area contributed by atoms with Gasteiger partial charge in [-0.05, 0) is 19.1 Å². The molecule has 0 fully saturated rings. The van der Waals surface area contributed by atoms with Crippen molar-refractivity contribution in [1.29, 1.82) is 0 Å². The first-order valence-electron chi connectivity index (χ1n) is 5.12. The number of aromatic nitrogens is 1. The third-order valence-corrected chi connectivity index (χ3v) is 2.57. The van der Waals surface area contributed by atoms with Crippen molar-refractivity contribution in [3.8, 4) is 5.75 Å². The number of hydrogen-bond donors (Lipinski definition) is 4. The minimum absolute atomic E-state index is 0.349. The predicted molar refractivity (Wildman–Crippen MR) is 64.7 cm³/mol. The number of nitrogens with one attached hydrogen (secondary N) is 3. The zero-order valence-electron chi connectivity index (χ0n) is 9.27. The van der Waals surface area contributed by atoms with Crippen LogP contribution in [0.25, 0.3) is 0 Å². The second kappa shape index (κ2) is 5.33. The van der Waals surface area contributed by atoms with Crippen molar-refractivity contribution in [2.75, 3.05) is 0 Å². The Morgan fingerprint density at radius 2 is 2.41 bits per heavy atom. The van der Waals surface area contributed by atoms with Crippen LogP contribution in [0.1, 0.15) is 5.69 Å². The first-order chi connectivity index (χ1) is 8.20. The number of pyridine rings is 1. The second-order valence-corrected chi connectivity index (χ2v) is 3.97. The highest BCUT2D eigenvalue weighted by molar-refractivity contribution is 6.20. The predicted octanol–water partition coefficient (Wildman–Crippen LogP) is 0.115. The van der Waals surface area contributed by atoms with Crippen molar-refractivity contribution in [2.45, 2.75) is 18.7 Å². The lowest BCUT2D eigenvalue weighted by Crippen LogP contribution is -2.57. The van der Waals surface area contributed by atoms with Crippen molar-refractivity contribution in [1.82, 2.24) is 21.0 Å². The lowest BCUT2D eigenvalue weighted by atomic mass is 10.3. The van der Waals surface area contributed by atoms with Crippen LogP contribution >= 0.6 is 11.6 Å². The molecule has 17 heavy (non-hydrogen) atoms. The largest absolute Gasteiger partial charge is 0.455 e. The molecule has 0 amide bonds. The van der Waals surface area contributed by atoms with Gasteiger partial charge in [-0.3, -0.25) is 16.1 Å². The Balaban J connectivity index is 2.15. The Kier molecular flexibility index (Phi) is 3.80. The molecular weight excluding hydrogens is 242 g/mol. The molecule has 2 rings (SSSR count). The number of halogens is 1. The number of ether oxygens (including phenoxy) is 1. The van der Waals surface area contributed by atoms with Crippen molar-refractivity contribution >= 4 is 11.6 Å². The summed E-state index contributed by atoms with van der Waals surface area (Å²) in [5.74, 6) is 6.69. The number of aryl methyl sites for hydroxylation is 1. The number of hydrazine groups is 1. The van der Waals surface area contributed by atoms with Gasteiger partial charge in [0, 0.05) is 12.4 Å². The van der Waals surface area contributed by atoms with E-state index in [-0.39, 0.29) is 6.17 Å². The molecule has 1 aromatic rings. The number of rotatable bonds is 3. The standard InChI is InChI=1S/C10H14ClN5O/c1-6-7(3-2-4-13-6)17-8-5-14-10(11)15-9(8)16-12/h2-5,9-10,14-16H,12H2,1H3. The molecular formula is C10H14ClN5O. The average molecular weight is 256 g/mol. The molecule has 0 spiro atoms. The average Bonchev–Trinajstić information content (AvgIpc) is 2.34. The summed E-state index contributed by atoms with van der Waals surface area (Å²) in [6, 6.07) is 3.64. The Labute approximate surface area is 104 Å². The first-order valence-corrected chi connectivity index (χ1v) is 5.56. The molecule has 92 valence electrons. The van der Waals surface area contributed by atoms with Crippen LogP contribution in [0, 0.1) is 6.92 Å². The Morgan fingerprint density at radius 1 is 1.59 bits per heavy atom. The highest BCUT2D eigenvalue weighted by atomic mass is 35.5. The lowest BCUT2D eigenvalue weighted by Gasteiger charge is -2.28. The molecule has 0 saturated carbocycles. The molecule has 7 heteroatoms. The fraction of sp³-hybridized carbons (Fsp3) is 0.300. The Bertz CT molecular complexity index is 425. The van der Waals surface area contributed by atoms with Crippen LogP contribution in [0.15, 0.2) is 30.3 Å².